The van der Waals surface area contributed by atoms with Crippen LogP contribution in [0.5, 0.6) is 0 Å². The van der Waals surface area contributed by atoms with Crippen LogP contribution in [0, 0.1) is 0 Å². The Kier molecular flexibility index (Phi) is 3.64. The zero-order valence-corrected chi connectivity index (χ0v) is 12.2. The fourth-order valence-electron chi connectivity index (χ4n) is 3.02. The molecule has 2 aliphatic rings. The van der Waals surface area contributed by atoms with Crippen molar-refractivity contribution in [1.82, 2.24) is 10.6 Å². The Hall–Kier alpha value is -1.94. The Labute approximate surface area is 124 Å². The van der Waals surface area contributed by atoms with Gasteiger partial charge in [0.25, 0.3) is 0 Å². The zero-order chi connectivity index (χ0) is 14.9. The monoisotopic (exact) mass is 284 g/mol. The van der Waals surface area contributed by atoms with Crippen molar-refractivity contribution in [2.75, 3.05) is 13.1 Å². The normalized spacial score (nSPS) is 26.2. The second kappa shape index (κ2) is 5.45. The summed E-state index contributed by atoms with van der Waals surface area (Å²) in [6.45, 7) is 3.84. The lowest BCUT2D eigenvalue weighted by Gasteiger charge is -2.32. The Morgan fingerprint density at radius 3 is 2.48 bits per heavy atom. The smallest absolute Gasteiger partial charge is 0.236 e. The van der Waals surface area contributed by atoms with Crippen molar-refractivity contribution in [2.45, 2.75) is 31.6 Å². The Balaban J connectivity index is 1.85. The van der Waals surface area contributed by atoms with Gasteiger partial charge in [-0.2, -0.15) is 0 Å². The second-order valence-corrected chi connectivity index (χ2v) is 5.97. The molecular formula is C17H20N2O2. The molecule has 1 aromatic rings. The van der Waals surface area contributed by atoms with Gasteiger partial charge in [-0.25, -0.2) is 0 Å². The summed E-state index contributed by atoms with van der Waals surface area (Å²) in [6, 6.07) is 8.21. The van der Waals surface area contributed by atoms with Gasteiger partial charge in [0, 0.05) is 13.0 Å². The van der Waals surface area contributed by atoms with E-state index in [4.69, 9.17) is 0 Å². The first-order valence-electron chi connectivity index (χ1n) is 7.44. The van der Waals surface area contributed by atoms with Crippen LogP contribution in [0.15, 0.2) is 30.3 Å². The van der Waals surface area contributed by atoms with Crippen LogP contribution in [-0.2, 0) is 15.0 Å². The first-order valence-corrected chi connectivity index (χ1v) is 7.44. The van der Waals surface area contributed by atoms with Gasteiger partial charge in [-0.1, -0.05) is 30.3 Å². The Morgan fingerprint density at radius 2 is 1.86 bits per heavy atom. The van der Waals surface area contributed by atoms with Crippen LogP contribution < -0.4 is 10.6 Å². The molecule has 0 spiro atoms. The van der Waals surface area contributed by atoms with Gasteiger partial charge in [-0.15, -0.1) is 0 Å². The van der Waals surface area contributed by atoms with E-state index in [2.05, 4.69) is 28.8 Å². The number of nitrogens with one attached hydrogen (secondary N) is 2. The van der Waals surface area contributed by atoms with Crippen LogP contribution in [0.25, 0.3) is 5.57 Å². The van der Waals surface area contributed by atoms with Crippen LogP contribution in [0.2, 0.25) is 0 Å². The molecule has 2 N–H and O–H groups in total. The quantitative estimate of drug-likeness (QED) is 0.814. The molecule has 0 aromatic heterocycles. The third kappa shape index (κ3) is 2.63. The van der Waals surface area contributed by atoms with Gasteiger partial charge in [0.05, 0.1) is 5.41 Å². The van der Waals surface area contributed by atoms with Gasteiger partial charge >= 0.3 is 0 Å². The van der Waals surface area contributed by atoms with Crippen molar-refractivity contribution >= 4 is 17.4 Å². The average molecular weight is 284 g/mol. The third-order valence-corrected chi connectivity index (χ3v) is 4.56. The number of hydrogen-bond donors (Lipinski definition) is 2. The highest BCUT2D eigenvalue weighted by atomic mass is 16.2. The van der Waals surface area contributed by atoms with Crippen LogP contribution in [0.4, 0.5) is 0 Å². The van der Waals surface area contributed by atoms with E-state index >= 15 is 0 Å². The van der Waals surface area contributed by atoms with E-state index in [9.17, 15) is 9.59 Å². The summed E-state index contributed by atoms with van der Waals surface area (Å²) in [5.74, 6) is -0.360. The molecule has 1 fully saturated rings. The maximum Gasteiger partial charge on any atom is 0.236 e. The predicted octanol–water partition coefficient (Wildman–Crippen LogP) is 1.76. The number of amides is 2. The molecule has 1 atom stereocenters. The lowest BCUT2D eigenvalue weighted by molar-refractivity contribution is -0.137. The third-order valence-electron chi connectivity index (χ3n) is 4.56. The Bertz CT molecular complexity index is 604. The molecule has 1 saturated heterocycles. The number of piperidine rings is 1. The fraction of sp³-hybridized carbons (Fsp3) is 0.412. The van der Waals surface area contributed by atoms with E-state index in [-0.39, 0.29) is 11.8 Å². The van der Waals surface area contributed by atoms with Gasteiger partial charge in [-0.05, 0) is 43.0 Å². The molecule has 3 rings (SSSR count). The summed E-state index contributed by atoms with van der Waals surface area (Å²) in [7, 11) is 0. The highest BCUT2D eigenvalue weighted by Crippen LogP contribution is 2.33. The molecule has 2 heterocycles. The molecule has 4 nitrogen and oxygen atoms in total. The fourth-order valence-corrected chi connectivity index (χ4v) is 3.02. The van der Waals surface area contributed by atoms with Crippen LogP contribution in [0.1, 0.15) is 37.3 Å². The van der Waals surface area contributed by atoms with Crippen molar-refractivity contribution in [1.29, 1.82) is 0 Å². The molecule has 1 aromatic carbocycles. The molecule has 0 bridgehead atoms. The number of benzene rings is 1. The summed E-state index contributed by atoms with van der Waals surface area (Å²) in [5, 5.41) is 5.75. The average Bonchev–Trinajstić information content (AvgIpc) is 2.52. The number of carbonyl (C=O) groups excluding carboxylic acids is 2. The SMILES string of the molecule is C[C@]1(c2ccc(C3=CCNCC3)cc2)CCC(=O)NC1=O. The maximum absolute atomic E-state index is 12.2. The molecule has 0 saturated carbocycles. The van der Waals surface area contributed by atoms with Gasteiger partial charge in [-0.3, -0.25) is 14.9 Å². The second-order valence-electron chi connectivity index (χ2n) is 5.97. The topological polar surface area (TPSA) is 58.2 Å². The summed E-state index contributed by atoms with van der Waals surface area (Å²) < 4.78 is 0. The number of hydrogen-bond acceptors (Lipinski definition) is 3. The largest absolute Gasteiger partial charge is 0.313 e. The van der Waals surface area contributed by atoms with E-state index in [1.807, 2.05) is 19.1 Å². The summed E-state index contributed by atoms with van der Waals surface area (Å²) in [5.41, 5.74) is 2.95. The Morgan fingerprint density at radius 1 is 1.10 bits per heavy atom. The standard InChI is InChI=1S/C17H20N2O2/c1-17(9-6-15(20)19-16(17)21)14-4-2-12(3-5-14)13-7-10-18-11-8-13/h2-5,7,18H,6,8-11H2,1H3,(H,19,20,21)/t17-/m1/s1. The first-order chi connectivity index (χ1) is 10.1. The highest BCUT2D eigenvalue weighted by Gasteiger charge is 2.39. The first kappa shape index (κ1) is 14.0. The number of carbonyl (C=O) groups is 2. The highest BCUT2D eigenvalue weighted by molar-refractivity contribution is 6.03. The maximum atomic E-state index is 12.2. The molecule has 0 radical (unpaired) electrons. The van der Waals surface area contributed by atoms with Gasteiger partial charge in [0.15, 0.2) is 0 Å². The molecule has 4 heteroatoms. The minimum atomic E-state index is -0.602. The zero-order valence-electron chi connectivity index (χ0n) is 12.2. The van der Waals surface area contributed by atoms with Gasteiger partial charge in [0.2, 0.25) is 11.8 Å². The van der Waals surface area contributed by atoms with Gasteiger partial charge in [0.1, 0.15) is 0 Å². The van der Waals surface area contributed by atoms with E-state index in [0.717, 1.165) is 25.1 Å². The van der Waals surface area contributed by atoms with Crippen molar-refractivity contribution in [3.63, 3.8) is 0 Å². The van der Waals surface area contributed by atoms with E-state index in [0.29, 0.717) is 12.8 Å². The van der Waals surface area contributed by atoms with Crippen LogP contribution >= 0.6 is 0 Å². The van der Waals surface area contributed by atoms with Gasteiger partial charge < -0.3 is 5.32 Å². The molecule has 110 valence electrons. The van der Waals surface area contributed by atoms with Crippen molar-refractivity contribution in [2.24, 2.45) is 0 Å². The lowest BCUT2D eigenvalue weighted by atomic mass is 9.75. The number of rotatable bonds is 2. The predicted molar refractivity (Wildman–Crippen MR) is 81.6 cm³/mol. The van der Waals surface area contributed by atoms with E-state index in [1.165, 1.54) is 11.1 Å². The van der Waals surface area contributed by atoms with E-state index < -0.39 is 5.41 Å². The summed E-state index contributed by atoms with van der Waals surface area (Å²) in [6.07, 6.45) is 4.22. The van der Waals surface area contributed by atoms with Crippen molar-refractivity contribution < 1.29 is 9.59 Å². The molecular weight excluding hydrogens is 264 g/mol. The van der Waals surface area contributed by atoms with Crippen molar-refractivity contribution in [3.8, 4) is 0 Å². The summed E-state index contributed by atoms with van der Waals surface area (Å²) >= 11 is 0. The van der Waals surface area contributed by atoms with Crippen molar-refractivity contribution in [3.05, 3.63) is 41.5 Å². The molecule has 2 aliphatic heterocycles. The van der Waals surface area contributed by atoms with E-state index in [1.54, 1.807) is 0 Å². The van der Waals surface area contributed by atoms with Crippen LogP contribution in [0.3, 0.4) is 0 Å². The molecule has 2 amide bonds. The van der Waals surface area contributed by atoms with Crippen LogP contribution in [-0.4, -0.2) is 24.9 Å². The lowest BCUT2D eigenvalue weighted by Crippen LogP contribution is -2.49. The molecule has 0 aliphatic carbocycles. The minimum absolute atomic E-state index is 0.172. The molecule has 0 unspecified atom stereocenters. The summed E-state index contributed by atoms with van der Waals surface area (Å²) in [4.78, 5) is 23.5. The molecule has 21 heavy (non-hydrogen) atoms. The number of imide groups is 1. The minimum Gasteiger partial charge on any atom is -0.313 e.